The normalized spacial score (nSPS) is 14.6. The molecule has 30 heavy (non-hydrogen) atoms. The minimum absolute atomic E-state index is 0.00245. The number of hydrogen-bond acceptors (Lipinski definition) is 5. The highest BCUT2D eigenvalue weighted by atomic mass is 16.4. The predicted molar refractivity (Wildman–Crippen MR) is 118 cm³/mol. The van der Waals surface area contributed by atoms with Gasteiger partial charge < -0.3 is 19.5 Å². The summed E-state index contributed by atoms with van der Waals surface area (Å²) in [7, 11) is 2.15. The Kier molecular flexibility index (Phi) is 6.44. The predicted octanol–water partition coefficient (Wildman–Crippen LogP) is 3.34. The van der Waals surface area contributed by atoms with Crippen LogP contribution in [-0.4, -0.2) is 49.0 Å². The Morgan fingerprint density at radius 3 is 2.57 bits per heavy atom. The largest absolute Gasteiger partial charge is 0.441 e. The van der Waals surface area contributed by atoms with E-state index in [4.69, 9.17) is 4.42 Å². The summed E-state index contributed by atoms with van der Waals surface area (Å²) in [6.45, 7) is 4.66. The molecule has 0 spiro atoms. The van der Waals surface area contributed by atoms with E-state index in [2.05, 4.69) is 45.3 Å². The van der Waals surface area contributed by atoms with Crippen LogP contribution in [0.15, 0.2) is 65.2 Å². The van der Waals surface area contributed by atoms with Crippen LogP contribution in [-0.2, 0) is 17.8 Å². The molecule has 6 nitrogen and oxygen atoms in total. The zero-order valence-electron chi connectivity index (χ0n) is 17.4. The number of rotatable bonds is 7. The second-order valence-electron chi connectivity index (χ2n) is 7.68. The molecule has 1 fully saturated rings. The fraction of sp³-hybridized carbons (Fsp3) is 0.333. The molecule has 0 radical (unpaired) electrons. The molecule has 156 valence electrons. The average Bonchev–Trinajstić information content (AvgIpc) is 3.27. The highest BCUT2D eigenvalue weighted by molar-refractivity contribution is 5.76. The van der Waals surface area contributed by atoms with Crippen molar-refractivity contribution in [3.8, 4) is 11.3 Å². The number of amides is 1. The van der Waals surface area contributed by atoms with E-state index in [1.165, 1.54) is 5.69 Å². The zero-order chi connectivity index (χ0) is 20.8. The highest BCUT2D eigenvalue weighted by Crippen LogP contribution is 2.22. The molecule has 0 aliphatic carbocycles. The zero-order valence-corrected chi connectivity index (χ0v) is 17.4. The van der Waals surface area contributed by atoms with Crippen molar-refractivity contribution < 1.29 is 9.21 Å². The van der Waals surface area contributed by atoms with Gasteiger partial charge in [0.2, 0.25) is 5.91 Å². The second-order valence-corrected chi connectivity index (χ2v) is 7.68. The quantitative estimate of drug-likeness (QED) is 0.654. The standard InChI is InChI=1S/C24H28N4O2/c1-27-13-15-28(16-14-27)21-10-6-5-9-20(21)17-25-23(29)11-12-24-26-18-22(30-24)19-7-3-2-4-8-19/h2-10,18H,11-17H2,1H3,(H,25,29). The molecule has 0 bridgehead atoms. The number of aromatic nitrogens is 1. The first-order valence-electron chi connectivity index (χ1n) is 10.5. The van der Waals surface area contributed by atoms with Gasteiger partial charge in [-0.15, -0.1) is 0 Å². The van der Waals surface area contributed by atoms with E-state index in [9.17, 15) is 4.79 Å². The number of aryl methyl sites for hydroxylation is 1. The fourth-order valence-electron chi connectivity index (χ4n) is 3.68. The average molecular weight is 405 g/mol. The highest BCUT2D eigenvalue weighted by Gasteiger charge is 2.17. The Hall–Kier alpha value is -3.12. The maximum Gasteiger partial charge on any atom is 0.220 e. The van der Waals surface area contributed by atoms with Gasteiger partial charge in [-0.25, -0.2) is 4.98 Å². The molecular formula is C24H28N4O2. The minimum Gasteiger partial charge on any atom is -0.441 e. The molecule has 4 rings (SSSR count). The third-order valence-corrected chi connectivity index (χ3v) is 5.49. The van der Waals surface area contributed by atoms with E-state index in [-0.39, 0.29) is 5.91 Å². The van der Waals surface area contributed by atoms with Crippen LogP contribution >= 0.6 is 0 Å². The number of likely N-dealkylation sites (N-methyl/N-ethyl adjacent to an activating group) is 1. The number of piperazine rings is 1. The van der Waals surface area contributed by atoms with Crippen LogP contribution in [0.25, 0.3) is 11.3 Å². The van der Waals surface area contributed by atoms with Gasteiger partial charge in [-0.1, -0.05) is 48.5 Å². The van der Waals surface area contributed by atoms with Gasteiger partial charge in [0.25, 0.3) is 0 Å². The number of anilines is 1. The van der Waals surface area contributed by atoms with Crippen molar-refractivity contribution in [3.05, 3.63) is 72.2 Å². The molecule has 1 aliphatic heterocycles. The van der Waals surface area contributed by atoms with Crippen molar-refractivity contribution in [2.75, 3.05) is 38.1 Å². The second kappa shape index (κ2) is 9.59. The van der Waals surface area contributed by atoms with Gasteiger partial charge in [-0.2, -0.15) is 0 Å². The van der Waals surface area contributed by atoms with Crippen LogP contribution in [0.3, 0.4) is 0 Å². The molecule has 1 N–H and O–H groups in total. The third kappa shape index (κ3) is 5.07. The third-order valence-electron chi connectivity index (χ3n) is 5.49. The van der Waals surface area contributed by atoms with E-state index < -0.39 is 0 Å². The van der Waals surface area contributed by atoms with Crippen LogP contribution in [0, 0.1) is 0 Å². The molecule has 0 saturated carbocycles. The van der Waals surface area contributed by atoms with Crippen molar-refractivity contribution in [3.63, 3.8) is 0 Å². The molecule has 1 aromatic heterocycles. The Bertz CT molecular complexity index is 962. The number of benzene rings is 2. The summed E-state index contributed by atoms with van der Waals surface area (Å²) in [6.07, 6.45) is 2.55. The van der Waals surface area contributed by atoms with Gasteiger partial charge in [-0.05, 0) is 18.7 Å². The first-order chi connectivity index (χ1) is 14.7. The first-order valence-corrected chi connectivity index (χ1v) is 10.5. The summed E-state index contributed by atoms with van der Waals surface area (Å²) in [5, 5.41) is 3.05. The van der Waals surface area contributed by atoms with Crippen LogP contribution in [0.1, 0.15) is 17.9 Å². The Morgan fingerprint density at radius 2 is 1.77 bits per heavy atom. The number of hydrogen-bond donors (Lipinski definition) is 1. The Balaban J connectivity index is 1.29. The maximum atomic E-state index is 12.4. The smallest absolute Gasteiger partial charge is 0.220 e. The summed E-state index contributed by atoms with van der Waals surface area (Å²) in [4.78, 5) is 21.4. The lowest BCUT2D eigenvalue weighted by atomic mass is 10.1. The van der Waals surface area contributed by atoms with E-state index in [1.54, 1.807) is 6.20 Å². The molecule has 6 heteroatoms. The number of para-hydroxylation sites is 1. The summed E-state index contributed by atoms with van der Waals surface area (Å²) in [5.41, 5.74) is 3.35. The Labute approximate surface area is 177 Å². The molecule has 0 atom stereocenters. The lowest BCUT2D eigenvalue weighted by Crippen LogP contribution is -2.45. The molecule has 1 aliphatic rings. The summed E-state index contributed by atoms with van der Waals surface area (Å²) in [6, 6.07) is 18.2. The van der Waals surface area contributed by atoms with Gasteiger partial charge in [0.05, 0.1) is 6.20 Å². The monoisotopic (exact) mass is 404 g/mol. The summed E-state index contributed by atoms with van der Waals surface area (Å²) in [5.74, 6) is 1.32. The molecule has 1 saturated heterocycles. The maximum absolute atomic E-state index is 12.4. The number of carbonyl (C=O) groups is 1. The number of oxazole rings is 1. The topological polar surface area (TPSA) is 61.6 Å². The van der Waals surface area contributed by atoms with Gasteiger partial charge in [0, 0.05) is 56.8 Å². The van der Waals surface area contributed by atoms with Crippen molar-refractivity contribution in [2.24, 2.45) is 0 Å². The van der Waals surface area contributed by atoms with Gasteiger partial charge >= 0.3 is 0 Å². The van der Waals surface area contributed by atoms with Gasteiger partial charge in [-0.3, -0.25) is 4.79 Å². The van der Waals surface area contributed by atoms with Crippen molar-refractivity contribution in [2.45, 2.75) is 19.4 Å². The molecule has 3 aromatic rings. The van der Waals surface area contributed by atoms with Crippen LogP contribution in [0.4, 0.5) is 5.69 Å². The molecule has 2 aromatic carbocycles. The van der Waals surface area contributed by atoms with Crippen LogP contribution < -0.4 is 10.2 Å². The van der Waals surface area contributed by atoms with E-state index in [1.807, 2.05) is 36.4 Å². The molecule has 2 heterocycles. The van der Waals surface area contributed by atoms with Crippen LogP contribution in [0.5, 0.6) is 0 Å². The van der Waals surface area contributed by atoms with E-state index in [0.717, 1.165) is 43.1 Å². The lowest BCUT2D eigenvalue weighted by Gasteiger charge is -2.35. The summed E-state index contributed by atoms with van der Waals surface area (Å²) < 4.78 is 5.79. The van der Waals surface area contributed by atoms with Crippen molar-refractivity contribution >= 4 is 11.6 Å². The summed E-state index contributed by atoms with van der Waals surface area (Å²) >= 11 is 0. The van der Waals surface area contributed by atoms with Gasteiger partial charge in [0.1, 0.15) is 0 Å². The fourth-order valence-corrected chi connectivity index (χ4v) is 3.68. The Morgan fingerprint density at radius 1 is 1.03 bits per heavy atom. The van der Waals surface area contributed by atoms with Crippen molar-refractivity contribution in [1.29, 1.82) is 0 Å². The van der Waals surface area contributed by atoms with E-state index >= 15 is 0 Å². The van der Waals surface area contributed by atoms with E-state index in [0.29, 0.717) is 25.3 Å². The number of nitrogens with one attached hydrogen (secondary N) is 1. The lowest BCUT2D eigenvalue weighted by molar-refractivity contribution is -0.121. The minimum atomic E-state index is 0.00245. The van der Waals surface area contributed by atoms with Crippen LogP contribution in [0.2, 0.25) is 0 Å². The number of nitrogens with zero attached hydrogens (tertiary/aromatic N) is 3. The first kappa shape index (κ1) is 20.2. The van der Waals surface area contributed by atoms with Gasteiger partial charge in [0.15, 0.2) is 11.7 Å². The number of carbonyl (C=O) groups excluding carboxylic acids is 1. The molecule has 0 unspecified atom stereocenters. The molecule has 1 amide bonds. The SMILES string of the molecule is CN1CCN(c2ccccc2CNC(=O)CCc2ncc(-c3ccccc3)o2)CC1. The molecular weight excluding hydrogens is 376 g/mol. The van der Waals surface area contributed by atoms with Crippen molar-refractivity contribution in [1.82, 2.24) is 15.2 Å².